The summed E-state index contributed by atoms with van der Waals surface area (Å²) in [6.07, 6.45) is 5.11. The third-order valence-corrected chi connectivity index (χ3v) is 5.71. The van der Waals surface area contributed by atoms with Gasteiger partial charge in [-0.15, -0.1) is 0 Å². The Morgan fingerprint density at radius 3 is 2.63 bits per heavy atom. The molecule has 1 atom stereocenters. The number of hydrogen-bond donors (Lipinski definition) is 2. The molecule has 0 aliphatic heterocycles. The summed E-state index contributed by atoms with van der Waals surface area (Å²) in [6.45, 7) is 0.745. The highest BCUT2D eigenvalue weighted by Gasteiger charge is 2.35. The number of nitrogens with zero attached hydrogens (tertiary/aromatic N) is 3. The van der Waals surface area contributed by atoms with Crippen molar-refractivity contribution in [2.24, 2.45) is 7.05 Å². The third kappa shape index (κ3) is 5.51. The molecule has 2 rings (SSSR count). The normalized spacial score (nSPS) is 17.5. The van der Waals surface area contributed by atoms with Crippen LogP contribution in [0.15, 0.2) is 17.3 Å². The molecule has 1 aliphatic rings. The van der Waals surface area contributed by atoms with E-state index >= 15 is 0 Å². The SMILES string of the molecule is CC(OC(=O)CNS(=O)(=O)c1cnn(C)c1)C(=O)NC1(C#N)CCCCC1. The van der Waals surface area contributed by atoms with E-state index in [0.717, 1.165) is 25.5 Å². The Hall–Kier alpha value is -2.45. The molecule has 0 spiro atoms. The molecule has 1 aliphatic carbocycles. The predicted molar refractivity (Wildman–Crippen MR) is 93.5 cm³/mol. The smallest absolute Gasteiger partial charge is 0.321 e. The van der Waals surface area contributed by atoms with Crippen LogP contribution in [0.3, 0.4) is 0 Å². The van der Waals surface area contributed by atoms with E-state index in [4.69, 9.17) is 4.74 Å². The van der Waals surface area contributed by atoms with E-state index in [2.05, 4.69) is 21.2 Å². The van der Waals surface area contributed by atoms with Crippen LogP contribution in [0.25, 0.3) is 0 Å². The molecule has 1 heterocycles. The molecule has 1 aromatic rings. The lowest BCUT2D eigenvalue weighted by Crippen LogP contribution is -2.52. The second-order valence-corrected chi connectivity index (χ2v) is 8.32. The largest absolute Gasteiger partial charge is 0.452 e. The first kappa shape index (κ1) is 20.9. The predicted octanol–water partition coefficient (Wildman–Crippen LogP) is -0.0272. The van der Waals surface area contributed by atoms with E-state index in [1.165, 1.54) is 17.8 Å². The van der Waals surface area contributed by atoms with Crippen molar-refractivity contribution < 1.29 is 22.7 Å². The molecule has 0 radical (unpaired) electrons. The fourth-order valence-corrected chi connectivity index (χ4v) is 3.78. The summed E-state index contributed by atoms with van der Waals surface area (Å²) in [7, 11) is -2.34. The number of nitriles is 1. The number of rotatable bonds is 7. The van der Waals surface area contributed by atoms with Crippen LogP contribution < -0.4 is 10.0 Å². The molecule has 1 unspecified atom stereocenters. The Balaban J connectivity index is 1.86. The minimum Gasteiger partial charge on any atom is -0.452 e. The van der Waals surface area contributed by atoms with Gasteiger partial charge in [-0.3, -0.25) is 14.3 Å². The fourth-order valence-electron chi connectivity index (χ4n) is 2.82. The van der Waals surface area contributed by atoms with Crippen molar-refractivity contribution in [1.82, 2.24) is 19.8 Å². The summed E-state index contributed by atoms with van der Waals surface area (Å²) in [5.74, 6) is -1.48. The van der Waals surface area contributed by atoms with E-state index < -0.39 is 40.1 Å². The van der Waals surface area contributed by atoms with Crippen molar-refractivity contribution in [3.05, 3.63) is 12.4 Å². The summed E-state index contributed by atoms with van der Waals surface area (Å²) >= 11 is 0. The van der Waals surface area contributed by atoms with Gasteiger partial charge in [-0.25, -0.2) is 8.42 Å². The number of hydrogen-bond acceptors (Lipinski definition) is 7. The van der Waals surface area contributed by atoms with Gasteiger partial charge in [0.15, 0.2) is 6.10 Å². The zero-order valence-corrected chi connectivity index (χ0v) is 16.1. The van der Waals surface area contributed by atoms with Crippen molar-refractivity contribution in [2.75, 3.05) is 6.54 Å². The van der Waals surface area contributed by atoms with Gasteiger partial charge in [0.25, 0.3) is 5.91 Å². The maximum Gasteiger partial charge on any atom is 0.321 e. The van der Waals surface area contributed by atoms with Crippen LogP contribution in [-0.4, -0.2) is 48.3 Å². The number of amides is 1. The number of nitrogens with one attached hydrogen (secondary N) is 2. The number of aromatic nitrogens is 2. The number of carbonyl (C=O) groups is 2. The monoisotopic (exact) mass is 397 g/mol. The Morgan fingerprint density at radius 2 is 2.07 bits per heavy atom. The van der Waals surface area contributed by atoms with Crippen molar-refractivity contribution in [3.63, 3.8) is 0 Å². The second-order valence-electron chi connectivity index (χ2n) is 6.55. The molecule has 1 amide bonds. The highest BCUT2D eigenvalue weighted by Crippen LogP contribution is 2.27. The molecule has 1 fully saturated rings. The Bertz CT molecular complexity index is 836. The van der Waals surface area contributed by atoms with Gasteiger partial charge in [0, 0.05) is 13.2 Å². The summed E-state index contributed by atoms with van der Waals surface area (Å²) in [5.41, 5.74) is -0.933. The second kappa shape index (κ2) is 8.49. The quantitative estimate of drug-likeness (QED) is 0.615. The summed E-state index contributed by atoms with van der Waals surface area (Å²) in [4.78, 5) is 24.0. The van der Waals surface area contributed by atoms with Crippen LogP contribution in [0.1, 0.15) is 39.0 Å². The van der Waals surface area contributed by atoms with Gasteiger partial charge in [-0.2, -0.15) is 15.1 Å². The number of carbonyl (C=O) groups excluding carboxylic acids is 2. The van der Waals surface area contributed by atoms with E-state index in [1.54, 1.807) is 7.05 Å². The number of aryl methyl sites for hydroxylation is 1. The highest BCUT2D eigenvalue weighted by atomic mass is 32.2. The highest BCUT2D eigenvalue weighted by molar-refractivity contribution is 7.89. The van der Waals surface area contributed by atoms with Gasteiger partial charge in [-0.05, 0) is 19.8 Å². The van der Waals surface area contributed by atoms with Gasteiger partial charge < -0.3 is 10.1 Å². The first-order valence-corrected chi connectivity index (χ1v) is 10.1. The van der Waals surface area contributed by atoms with E-state index in [-0.39, 0.29) is 4.90 Å². The molecule has 1 saturated carbocycles. The molecule has 0 bridgehead atoms. The lowest BCUT2D eigenvalue weighted by Gasteiger charge is -2.32. The molecular weight excluding hydrogens is 374 g/mol. The zero-order valence-electron chi connectivity index (χ0n) is 15.3. The van der Waals surface area contributed by atoms with Crippen LogP contribution in [-0.2, 0) is 31.4 Å². The molecule has 0 aromatic carbocycles. The lowest BCUT2D eigenvalue weighted by atomic mass is 9.83. The molecule has 27 heavy (non-hydrogen) atoms. The van der Waals surface area contributed by atoms with Gasteiger partial charge in [-0.1, -0.05) is 19.3 Å². The Morgan fingerprint density at radius 1 is 1.41 bits per heavy atom. The van der Waals surface area contributed by atoms with E-state index in [9.17, 15) is 23.3 Å². The molecule has 0 saturated heterocycles. The molecule has 10 nitrogen and oxygen atoms in total. The summed E-state index contributed by atoms with van der Waals surface area (Å²) in [5, 5.41) is 15.8. The topological polar surface area (TPSA) is 143 Å². The van der Waals surface area contributed by atoms with E-state index in [1.807, 2.05) is 0 Å². The maximum atomic E-state index is 12.2. The Labute approximate surface area is 157 Å². The van der Waals surface area contributed by atoms with Crippen LogP contribution in [0.5, 0.6) is 0 Å². The van der Waals surface area contributed by atoms with E-state index in [0.29, 0.717) is 12.8 Å². The van der Waals surface area contributed by atoms with Gasteiger partial charge in [0.1, 0.15) is 17.0 Å². The van der Waals surface area contributed by atoms with Crippen LogP contribution in [0.2, 0.25) is 0 Å². The van der Waals surface area contributed by atoms with Crippen molar-refractivity contribution >= 4 is 21.9 Å². The average molecular weight is 397 g/mol. The molecular formula is C16H23N5O5S. The minimum atomic E-state index is -3.90. The first-order valence-electron chi connectivity index (χ1n) is 8.58. The standard InChI is InChI=1S/C16H23N5O5S/c1-12(15(23)20-16(11-17)6-4-3-5-7-16)26-14(22)9-19-27(24,25)13-8-18-21(2)10-13/h8,10,12,19H,3-7,9H2,1-2H3,(H,20,23). The number of esters is 1. The maximum absolute atomic E-state index is 12.2. The molecule has 2 N–H and O–H groups in total. The zero-order chi connectivity index (χ0) is 20.1. The summed E-state index contributed by atoms with van der Waals surface area (Å²) < 4.78 is 32.4. The molecule has 148 valence electrons. The van der Waals surface area contributed by atoms with Crippen molar-refractivity contribution in [1.29, 1.82) is 5.26 Å². The van der Waals surface area contributed by atoms with Crippen LogP contribution in [0, 0.1) is 11.3 Å². The van der Waals surface area contributed by atoms with Crippen LogP contribution >= 0.6 is 0 Å². The first-order chi connectivity index (χ1) is 12.7. The molecule has 11 heteroatoms. The van der Waals surface area contributed by atoms with Gasteiger partial charge in [0.05, 0.1) is 12.3 Å². The number of sulfonamides is 1. The van der Waals surface area contributed by atoms with Crippen molar-refractivity contribution in [3.8, 4) is 6.07 Å². The number of ether oxygens (including phenoxy) is 1. The Kier molecular flexibility index (Phi) is 6.56. The third-order valence-electron chi connectivity index (χ3n) is 4.36. The molecule has 1 aromatic heterocycles. The van der Waals surface area contributed by atoms with Crippen LogP contribution in [0.4, 0.5) is 0 Å². The van der Waals surface area contributed by atoms with Crippen molar-refractivity contribution in [2.45, 2.75) is 55.6 Å². The van der Waals surface area contributed by atoms with Gasteiger partial charge in [0.2, 0.25) is 10.0 Å². The lowest BCUT2D eigenvalue weighted by molar-refractivity contribution is -0.154. The fraction of sp³-hybridized carbons (Fsp3) is 0.625. The van der Waals surface area contributed by atoms with Gasteiger partial charge >= 0.3 is 5.97 Å². The minimum absolute atomic E-state index is 0.0862. The average Bonchev–Trinajstić information content (AvgIpc) is 3.08. The summed E-state index contributed by atoms with van der Waals surface area (Å²) in [6, 6.07) is 2.15.